The fourth-order valence-corrected chi connectivity index (χ4v) is 5.48. The summed E-state index contributed by atoms with van der Waals surface area (Å²) in [6, 6.07) is 15.5. The zero-order valence-electron chi connectivity index (χ0n) is 18.8. The van der Waals surface area contributed by atoms with Gasteiger partial charge < -0.3 is 9.47 Å². The van der Waals surface area contributed by atoms with E-state index in [4.69, 9.17) is 21.7 Å². The molecule has 1 saturated heterocycles. The molecule has 184 valence electrons. The molecule has 1 amide bonds. The molecular formula is C25H18FIN2O5S2. The van der Waals surface area contributed by atoms with Crippen molar-refractivity contribution in [3.05, 3.63) is 96.2 Å². The molecule has 0 atom stereocenters. The molecule has 0 N–H and O–H groups in total. The van der Waals surface area contributed by atoms with Crippen LogP contribution >= 0.6 is 46.6 Å². The first-order chi connectivity index (χ1) is 17.3. The van der Waals surface area contributed by atoms with E-state index in [0.717, 1.165) is 20.9 Å². The van der Waals surface area contributed by atoms with Crippen LogP contribution in [0.25, 0.3) is 6.08 Å². The number of ether oxygens (including phenoxy) is 2. The fourth-order valence-electron chi connectivity index (χ4n) is 3.40. The fraction of sp³-hybridized carbons (Fsp3) is 0.120. The third-order valence-electron chi connectivity index (χ3n) is 5.02. The zero-order valence-corrected chi connectivity index (χ0v) is 22.6. The number of hydrogen-bond donors (Lipinski definition) is 0. The van der Waals surface area contributed by atoms with Gasteiger partial charge in [-0.25, -0.2) is 4.39 Å². The Morgan fingerprint density at radius 1 is 1.17 bits per heavy atom. The molecule has 0 spiro atoms. The molecule has 1 heterocycles. The van der Waals surface area contributed by atoms with Gasteiger partial charge in [0, 0.05) is 12.1 Å². The van der Waals surface area contributed by atoms with E-state index in [-0.39, 0.29) is 18.2 Å². The highest BCUT2D eigenvalue weighted by molar-refractivity contribution is 14.1. The van der Waals surface area contributed by atoms with Gasteiger partial charge in [-0.2, -0.15) is 0 Å². The predicted octanol–water partition coefficient (Wildman–Crippen LogP) is 6.72. The van der Waals surface area contributed by atoms with Crippen molar-refractivity contribution >= 4 is 74.2 Å². The molecule has 1 aliphatic heterocycles. The molecule has 7 nitrogen and oxygen atoms in total. The van der Waals surface area contributed by atoms with Gasteiger partial charge in [-0.05, 0) is 89.2 Å². The summed E-state index contributed by atoms with van der Waals surface area (Å²) < 4.78 is 26.6. The number of hydrogen-bond acceptors (Lipinski definition) is 7. The molecule has 0 bridgehead atoms. The standard InChI is InChI=1S/C25H18FIN2O5S2/c1-2-33-21-11-16(10-20(27)23(21)34-14-15-6-8-18(9-7-15)29(31)32)12-22-24(30)28(25(35)36-22)19-5-3-4-17(26)13-19/h3-13H,2,14H2,1H3/b22-12-. The van der Waals surface area contributed by atoms with Gasteiger partial charge in [0.05, 0.1) is 25.7 Å². The summed E-state index contributed by atoms with van der Waals surface area (Å²) in [4.78, 5) is 25.2. The lowest BCUT2D eigenvalue weighted by molar-refractivity contribution is -0.384. The Kier molecular flexibility index (Phi) is 8.21. The van der Waals surface area contributed by atoms with Gasteiger partial charge >= 0.3 is 0 Å². The number of non-ortho nitro benzene ring substituents is 1. The van der Waals surface area contributed by atoms with Crippen LogP contribution in [-0.4, -0.2) is 21.8 Å². The number of nitrogens with zero attached hydrogens (tertiary/aromatic N) is 2. The summed E-state index contributed by atoms with van der Waals surface area (Å²) in [5.74, 6) is 0.242. The minimum Gasteiger partial charge on any atom is -0.490 e. The molecule has 4 rings (SSSR count). The van der Waals surface area contributed by atoms with E-state index in [1.807, 2.05) is 13.0 Å². The molecule has 1 fully saturated rings. The molecule has 0 radical (unpaired) electrons. The number of carbonyl (C=O) groups excluding carboxylic acids is 1. The van der Waals surface area contributed by atoms with E-state index in [1.165, 1.54) is 35.2 Å². The summed E-state index contributed by atoms with van der Waals surface area (Å²) >= 11 is 8.64. The van der Waals surface area contributed by atoms with Crippen molar-refractivity contribution in [2.45, 2.75) is 13.5 Å². The van der Waals surface area contributed by atoms with Crippen molar-refractivity contribution in [3.8, 4) is 11.5 Å². The van der Waals surface area contributed by atoms with E-state index >= 15 is 0 Å². The average Bonchev–Trinajstić information content (AvgIpc) is 3.11. The first kappa shape index (κ1) is 26.0. The average molecular weight is 636 g/mol. The first-order valence-corrected chi connectivity index (χ1v) is 12.9. The minimum atomic E-state index is -0.453. The molecule has 0 aromatic heterocycles. The highest BCUT2D eigenvalue weighted by Gasteiger charge is 2.33. The Labute approximate surface area is 229 Å². The third-order valence-corrected chi connectivity index (χ3v) is 7.12. The van der Waals surface area contributed by atoms with E-state index in [1.54, 1.807) is 30.3 Å². The van der Waals surface area contributed by atoms with Gasteiger partial charge in [0.25, 0.3) is 11.6 Å². The van der Waals surface area contributed by atoms with E-state index in [0.29, 0.717) is 38.6 Å². The van der Waals surface area contributed by atoms with Crippen LogP contribution in [0.3, 0.4) is 0 Å². The lowest BCUT2D eigenvalue weighted by Gasteiger charge is -2.15. The number of halogens is 2. The van der Waals surface area contributed by atoms with Gasteiger partial charge in [0.2, 0.25) is 0 Å². The van der Waals surface area contributed by atoms with Gasteiger partial charge in [-0.3, -0.25) is 19.8 Å². The Morgan fingerprint density at radius 3 is 2.58 bits per heavy atom. The van der Waals surface area contributed by atoms with Crippen molar-refractivity contribution in [2.75, 3.05) is 11.5 Å². The third kappa shape index (κ3) is 5.85. The number of benzene rings is 3. The smallest absolute Gasteiger partial charge is 0.270 e. The van der Waals surface area contributed by atoms with Crippen LogP contribution in [0.5, 0.6) is 11.5 Å². The number of nitro groups is 1. The van der Waals surface area contributed by atoms with Gasteiger partial charge in [-0.15, -0.1) is 0 Å². The highest BCUT2D eigenvalue weighted by atomic mass is 127. The van der Waals surface area contributed by atoms with E-state index in [2.05, 4.69) is 22.6 Å². The van der Waals surface area contributed by atoms with Crippen LogP contribution in [0.15, 0.2) is 65.6 Å². The van der Waals surface area contributed by atoms with Crippen molar-refractivity contribution in [2.24, 2.45) is 0 Å². The molecule has 0 unspecified atom stereocenters. The summed E-state index contributed by atoms with van der Waals surface area (Å²) in [6.45, 7) is 2.44. The number of anilines is 1. The van der Waals surface area contributed by atoms with Crippen LogP contribution in [0.1, 0.15) is 18.1 Å². The quantitative estimate of drug-likeness (QED) is 0.0893. The number of amides is 1. The lowest BCUT2D eigenvalue weighted by Crippen LogP contribution is -2.27. The van der Waals surface area contributed by atoms with Crippen molar-refractivity contribution < 1.29 is 23.6 Å². The second kappa shape index (κ2) is 11.4. The maximum Gasteiger partial charge on any atom is 0.270 e. The molecule has 0 saturated carbocycles. The lowest BCUT2D eigenvalue weighted by atomic mass is 10.1. The normalized spacial score (nSPS) is 14.4. The summed E-state index contributed by atoms with van der Waals surface area (Å²) in [5, 5.41) is 10.9. The van der Waals surface area contributed by atoms with Crippen LogP contribution in [0, 0.1) is 19.5 Å². The maximum atomic E-state index is 13.7. The molecule has 3 aromatic carbocycles. The van der Waals surface area contributed by atoms with Crippen LogP contribution < -0.4 is 14.4 Å². The Balaban J connectivity index is 1.57. The summed E-state index contributed by atoms with van der Waals surface area (Å²) in [7, 11) is 0. The van der Waals surface area contributed by atoms with Crippen LogP contribution in [0.4, 0.5) is 15.8 Å². The van der Waals surface area contributed by atoms with Gasteiger partial charge in [-0.1, -0.05) is 30.0 Å². The molecule has 1 aliphatic rings. The maximum absolute atomic E-state index is 13.7. The van der Waals surface area contributed by atoms with E-state index in [9.17, 15) is 19.3 Å². The van der Waals surface area contributed by atoms with Crippen molar-refractivity contribution in [3.63, 3.8) is 0 Å². The molecule has 11 heteroatoms. The number of carbonyl (C=O) groups is 1. The molecule has 0 aliphatic carbocycles. The first-order valence-electron chi connectivity index (χ1n) is 10.6. The number of thiocarbonyl (C=S) groups is 1. The highest BCUT2D eigenvalue weighted by Crippen LogP contribution is 2.39. The largest absolute Gasteiger partial charge is 0.490 e. The van der Waals surface area contributed by atoms with Crippen molar-refractivity contribution in [1.82, 2.24) is 0 Å². The number of thioether (sulfide) groups is 1. The Bertz CT molecular complexity index is 1380. The van der Waals surface area contributed by atoms with Crippen LogP contribution in [0.2, 0.25) is 0 Å². The second-order valence-corrected chi connectivity index (χ2v) is 10.3. The Morgan fingerprint density at radius 2 is 1.92 bits per heavy atom. The van der Waals surface area contributed by atoms with Gasteiger partial charge in [0.15, 0.2) is 15.8 Å². The second-order valence-electron chi connectivity index (χ2n) is 7.47. The SMILES string of the molecule is CCOc1cc(/C=C2\SC(=S)N(c3cccc(F)c3)C2=O)cc(I)c1OCc1ccc([N+](=O)[O-])cc1. The van der Waals surface area contributed by atoms with Crippen LogP contribution in [-0.2, 0) is 11.4 Å². The summed E-state index contributed by atoms with van der Waals surface area (Å²) in [6.07, 6.45) is 1.71. The number of nitro benzene ring substituents is 1. The van der Waals surface area contributed by atoms with Crippen molar-refractivity contribution in [1.29, 1.82) is 0 Å². The topological polar surface area (TPSA) is 81.9 Å². The zero-order chi connectivity index (χ0) is 25.8. The van der Waals surface area contributed by atoms with E-state index < -0.39 is 10.7 Å². The number of rotatable bonds is 8. The molecule has 36 heavy (non-hydrogen) atoms. The molecular weight excluding hydrogens is 618 g/mol. The molecule has 3 aromatic rings. The Hall–Kier alpha value is -3.03. The van der Waals surface area contributed by atoms with Gasteiger partial charge in [0.1, 0.15) is 12.4 Å². The summed E-state index contributed by atoms with van der Waals surface area (Å²) in [5.41, 5.74) is 1.87. The predicted molar refractivity (Wildman–Crippen MR) is 150 cm³/mol. The minimum absolute atomic E-state index is 0.00972. The monoisotopic (exact) mass is 636 g/mol.